The average Bonchev–Trinajstić information content (AvgIpc) is 2.32. The van der Waals surface area contributed by atoms with Crippen LogP contribution < -0.4 is 4.74 Å². The molecule has 0 aromatic heterocycles. The highest BCUT2D eigenvalue weighted by molar-refractivity contribution is 9.10. The summed E-state index contributed by atoms with van der Waals surface area (Å²) in [6.45, 7) is 0. The number of ether oxygens (including phenoxy) is 1. The third-order valence-corrected chi connectivity index (χ3v) is 3.04. The van der Waals surface area contributed by atoms with E-state index < -0.39 is 10.7 Å². The van der Waals surface area contributed by atoms with E-state index in [-0.39, 0.29) is 11.4 Å². The zero-order valence-electron chi connectivity index (χ0n) is 9.27. The summed E-state index contributed by atoms with van der Waals surface area (Å²) in [5.41, 5.74) is -0.375. The fraction of sp³-hybridized carbons (Fsp3) is 0. The zero-order valence-corrected chi connectivity index (χ0v) is 11.6. The molecule has 0 atom stereocenters. The molecule has 7 heteroatoms. The van der Waals surface area contributed by atoms with Gasteiger partial charge in [0.25, 0.3) is 5.69 Å². The molecule has 2 aromatic rings. The molecule has 0 heterocycles. The number of nitro benzene ring substituents is 1. The number of hydrogen-bond acceptors (Lipinski definition) is 3. The SMILES string of the molecule is O=[N+]([O-])c1cc(F)cc(Oc2ccc(Cl)cc2Br)c1. The van der Waals surface area contributed by atoms with E-state index in [1.165, 1.54) is 0 Å². The van der Waals surface area contributed by atoms with Crippen molar-refractivity contribution in [1.29, 1.82) is 0 Å². The molecule has 0 radical (unpaired) electrons. The number of halogens is 3. The second-order valence-corrected chi connectivity index (χ2v) is 4.87. The molecule has 0 spiro atoms. The molecule has 4 nitrogen and oxygen atoms in total. The Bertz CT molecular complexity index is 651. The fourth-order valence-electron chi connectivity index (χ4n) is 1.40. The summed E-state index contributed by atoms with van der Waals surface area (Å²) < 4.78 is 19.2. The van der Waals surface area contributed by atoms with Crippen molar-refractivity contribution in [3.05, 3.63) is 61.8 Å². The van der Waals surface area contributed by atoms with Gasteiger partial charge in [0.15, 0.2) is 0 Å². The standard InChI is InChI=1S/C12H6BrClFNO3/c13-11-3-7(14)1-2-12(11)19-10-5-8(15)4-9(6-10)16(17)18/h1-6H. The van der Waals surface area contributed by atoms with Gasteiger partial charge >= 0.3 is 0 Å². The maximum Gasteiger partial charge on any atom is 0.276 e. The first kappa shape index (κ1) is 13.8. The summed E-state index contributed by atoms with van der Waals surface area (Å²) in [5.74, 6) is -0.326. The van der Waals surface area contributed by atoms with E-state index in [1.54, 1.807) is 18.2 Å². The molecule has 0 aliphatic heterocycles. The van der Waals surface area contributed by atoms with E-state index >= 15 is 0 Å². The molecule has 0 saturated heterocycles. The van der Waals surface area contributed by atoms with Gasteiger partial charge in [-0.25, -0.2) is 4.39 Å². The first-order valence-electron chi connectivity index (χ1n) is 5.03. The van der Waals surface area contributed by atoms with Crippen LogP contribution in [0.3, 0.4) is 0 Å². The molecule has 0 fully saturated rings. The Morgan fingerprint density at radius 1 is 1.26 bits per heavy atom. The van der Waals surface area contributed by atoms with Crippen LogP contribution in [0.2, 0.25) is 5.02 Å². The van der Waals surface area contributed by atoms with Crippen molar-refractivity contribution in [1.82, 2.24) is 0 Å². The van der Waals surface area contributed by atoms with Crippen LogP contribution in [0, 0.1) is 15.9 Å². The second-order valence-electron chi connectivity index (χ2n) is 3.58. The molecular formula is C12H6BrClFNO3. The fourth-order valence-corrected chi connectivity index (χ4v) is 2.16. The average molecular weight is 347 g/mol. The van der Waals surface area contributed by atoms with Gasteiger partial charge in [-0.2, -0.15) is 0 Å². The van der Waals surface area contributed by atoms with Crippen molar-refractivity contribution >= 4 is 33.2 Å². The summed E-state index contributed by atoms with van der Waals surface area (Å²) in [4.78, 5) is 9.94. The topological polar surface area (TPSA) is 52.4 Å². The van der Waals surface area contributed by atoms with Crippen molar-refractivity contribution in [2.75, 3.05) is 0 Å². The van der Waals surface area contributed by atoms with Gasteiger partial charge < -0.3 is 4.74 Å². The maximum atomic E-state index is 13.2. The molecule has 2 rings (SSSR count). The maximum absolute atomic E-state index is 13.2. The third-order valence-electron chi connectivity index (χ3n) is 2.19. The van der Waals surface area contributed by atoms with Gasteiger partial charge in [-0.1, -0.05) is 11.6 Å². The van der Waals surface area contributed by atoms with Crippen molar-refractivity contribution in [3.63, 3.8) is 0 Å². The zero-order chi connectivity index (χ0) is 14.0. The summed E-state index contributed by atoms with van der Waals surface area (Å²) in [6.07, 6.45) is 0. The predicted molar refractivity (Wildman–Crippen MR) is 72.3 cm³/mol. The van der Waals surface area contributed by atoms with Crippen LogP contribution in [0.25, 0.3) is 0 Å². The summed E-state index contributed by atoms with van der Waals surface area (Å²) in [6, 6.07) is 7.80. The number of non-ortho nitro benzene ring substituents is 1. The van der Waals surface area contributed by atoms with Gasteiger partial charge in [0, 0.05) is 11.1 Å². The number of hydrogen-bond donors (Lipinski definition) is 0. The quantitative estimate of drug-likeness (QED) is 0.584. The Kier molecular flexibility index (Phi) is 4.01. The van der Waals surface area contributed by atoms with E-state index in [4.69, 9.17) is 16.3 Å². The molecule has 0 aliphatic rings. The van der Waals surface area contributed by atoms with Gasteiger partial charge in [0.1, 0.15) is 17.3 Å². The lowest BCUT2D eigenvalue weighted by Crippen LogP contribution is -1.92. The van der Waals surface area contributed by atoms with Crippen LogP contribution in [0.15, 0.2) is 40.9 Å². The van der Waals surface area contributed by atoms with Gasteiger partial charge in [-0.15, -0.1) is 0 Å². The van der Waals surface area contributed by atoms with E-state index in [1.807, 2.05) is 0 Å². The summed E-state index contributed by atoms with van der Waals surface area (Å²) in [7, 11) is 0. The van der Waals surface area contributed by atoms with E-state index in [0.29, 0.717) is 15.2 Å². The highest BCUT2D eigenvalue weighted by atomic mass is 79.9. The van der Waals surface area contributed by atoms with Gasteiger partial charge in [-0.3, -0.25) is 10.1 Å². The van der Waals surface area contributed by atoms with Gasteiger partial charge in [0.05, 0.1) is 21.5 Å². The molecule has 2 aromatic carbocycles. The van der Waals surface area contributed by atoms with Crippen molar-refractivity contribution < 1.29 is 14.1 Å². The molecule has 0 saturated carbocycles. The Labute approximate surface area is 121 Å². The van der Waals surface area contributed by atoms with Crippen LogP contribution >= 0.6 is 27.5 Å². The first-order valence-corrected chi connectivity index (χ1v) is 6.20. The highest BCUT2D eigenvalue weighted by Crippen LogP contribution is 2.33. The molecule has 19 heavy (non-hydrogen) atoms. The van der Waals surface area contributed by atoms with Crippen molar-refractivity contribution in [3.8, 4) is 11.5 Å². The highest BCUT2D eigenvalue weighted by Gasteiger charge is 2.12. The van der Waals surface area contributed by atoms with Crippen LogP contribution in [-0.4, -0.2) is 4.92 Å². The second kappa shape index (κ2) is 5.54. The molecule has 0 bridgehead atoms. The Morgan fingerprint density at radius 3 is 2.63 bits per heavy atom. The predicted octanol–water partition coefficient (Wildman–Crippen LogP) is 4.94. The Morgan fingerprint density at radius 2 is 2.00 bits per heavy atom. The van der Waals surface area contributed by atoms with E-state index in [9.17, 15) is 14.5 Å². The normalized spacial score (nSPS) is 10.3. The van der Waals surface area contributed by atoms with E-state index in [0.717, 1.165) is 18.2 Å². The lowest BCUT2D eigenvalue weighted by atomic mass is 10.3. The summed E-state index contributed by atoms with van der Waals surface area (Å²) in [5, 5.41) is 11.1. The molecule has 0 unspecified atom stereocenters. The number of nitro groups is 1. The van der Waals surface area contributed by atoms with Gasteiger partial charge in [-0.05, 0) is 34.1 Å². The molecule has 98 valence electrons. The van der Waals surface area contributed by atoms with Crippen molar-refractivity contribution in [2.45, 2.75) is 0 Å². The molecule has 0 N–H and O–H groups in total. The van der Waals surface area contributed by atoms with Crippen LogP contribution in [0.5, 0.6) is 11.5 Å². The first-order chi connectivity index (χ1) is 8.95. The minimum atomic E-state index is -0.741. The minimum absolute atomic E-state index is 0.0368. The number of benzene rings is 2. The smallest absolute Gasteiger partial charge is 0.276 e. The lowest BCUT2D eigenvalue weighted by Gasteiger charge is -2.08. The number of nitrogens with zero attached hydrogens (tertiary/aromatic N) is 1. The Hall–Kier alpha value is -1.66. The third kappa shape index (κ3) is 3.42. The monoisotopic (exact) mass is 345 g/mol. The number of rotatable bonds is 3. The van der Waals surface area contributed by atoms with Crippen LogP contribution in [0.1, 0.15) is 0 Å². The minimum Gasteiger partial charge on any atom is -0.456 e. The lowest BCUT2D eigenvalue weighted by molar-refractivity contribution is -0.385. The largest absolute Gasteiger partial charge is 0.456 e. The molecular weight excluding hydrogens is 340 g/mol. The van der Waals surface area contributed by atoms with Gasteiger partial charge in [0.2, 0.25) is 0 Å². The Balaban J connectivity index is 2.35. The van der Waals surface area contributed by atoms with Crippen LogP contribution in [-0.2, 0) is 0 Å². The molecule has 0 aliphatic carbocycles. The van der Waals surface area contributed by atoms with E-state index in [2.05, 4.69) is 15.9 Å². The van der Waals surface area contributed by atoms with Crippen molar-refractivity contribution in [2.24, 2.45) is 0 Å². The summed E-state index contributed by atoms with van der Waals surface area (Å²) >= 11 is 9.01. The van der Waals surface area contributed by atoms with Crippen LogP contribution in [0.4, 0.5) is 10.1 Å². The molecule has 0 amide bonds.